The maximum atomic E-state index is 5.87. The van der Waals surface area contributed by atoms with Gasteiger partial charge < -0.3 is 10.6 Å². The van der Waals surface area contributed by atoms with Gasteiger partial charge in [-0.15, -0.1) is 0 Å². The molecule has 1 aliphatic rings. The van der Waals surface area contributed by atoms with Gasteiger partial charge >= 0.3 is 0 Å². The van der Waals surface area contributed by atoms with Crippen molar-refractivity contribution in [2.75, 3.05) is 11.4 Å². The first-order valence-corrected chi connectivity index (χ1v) is 7.25. The van der Waals surface area contributed by atoms with Crippen LogP contribution in [0.4, 0.5) is 5.69 Å². The van der Waals surface area contributed by atoms with Crippen LogP contribution in [0, 0.1) is 6.92 Å². The molecule has 0 bridgehead atoms. The number of pyridine rings is 1. The van der Waals surface area contributed by atoms with Gasteiger partial charge in [0.15, 0.2) is 0 Å². The third kappa shape index (κ3) is 2.54. The molecule has 0 fully saturated rings. The van der Waals surface area contributed by atoms with E-state index in [2.05, 4.69) is 40.2 Å². The van der Waals surface area contributed by atoms with Crippen LogP contribution in [0.3, 0.4) is 0 Å². The summed E-state index contributed by atoms with van der Waals surface area (Å²) in [6, 6.07) is 10.9. The van der Waals surface area contributed by atoms with Gasteiger partial charge in [-0.1, -0.05) is 24.3 Å². The first-order chi connectivity index (χ1) is 9.78. The number of nitrogens with zero attached hydrogens (tertiary/aromatic N) is 2. The predicted molar refractivity (Wildman–Crippen MR) is 82.7 cm³/mol. The summed E-state index contributed by atoms with van der Waals surface area (Å²) in [6.07, 6.45) is 4.26. The maximum Gasteiger partial charge on any atom is 0.0448 e. The second-order valence-corrected chi connectivity index (χ2v) is 5.45. The van der Waals surface area contributed by atoms with Crippen molar-refractivity contribution in [3.63, 3.8) is 0 Å². The molecule has 3 nitrogen and oxygen atoms in total. The van der Waals surface area contributed by atoms with E-state index < -0.39 is 0 Å². The Bertz CT molecular complexity index is 607. The molecule has 1 aliphatic heterocycles. The third-order valence-corrected chi connectivity index (χ3v) is 4.01. The van der Waals surface area contributed by atoms with Gasteiger partial charge in [0.2, 0.25) is 0 Å². The van der Waals surface area contributed by atoms with Crippen molar-refractivity contribution in [1.82, 2.24) is 4.98 Å². The highest BCUT2D eigenvalue weighted by molar-refractivity contribution is 5.54. The normalized spacial score (nSPS) is 14.8. The maximum absolute atomic E-state index is 5.87. The second-order valence-electron chi connectivity index (χ2n) is 5.45. The van der Waals surface area contributed by atoms with Gasteiger partial charge in [0, 0.05) is 42.8 Å². The molecule has 0 spiro atoms. The zero-order valence-corrected chi connectivity index (χ0v) is 12.0. The second kappa shape index (κ2) is 5.63. The van der Waals surface area contributed by atoms with Crippen LogP contribution in [0.2, 0.25) is 0 Å². The number of benzene rings is 1. The minimum Gasteiger partial charge on any atom is -0.367 e. The molecule has 1 aromatic heterocycles. The molecule has 3 rings (SSSR count). The molecule has 0 atom stereocenters. The fourth-order valence-electron chi connectivity index (χ4n) is 2.93. The van der Waals surface area contributed by atoms with E-state index in [1.807, 2.05) is 13.1 Å². The van der Waals surface area contributed by atoms with Crippen LogP contribution in [0.15, 0.2) is 36.5 Å². The zero-order valence-electron chi connectivity index (χ0n) is 12.0. The molecule has 0 saturated heterocycles. The van der Waals surface area contributed by atoms with E-state index in [1.54, 1.807) is 0 Å². The smallest absolute Gasteiger partial charge is 0.0448 e. The number of hydrogen-bond donors (Lipinski definition) is 1. The molecule has 0 saturated carbocycles. The highest BCUT2D eigenvalue weighted by Crippen LogP contribution is 2.26. The first-order valence-electron chi connectivity index (χ1n) is 7.25. The lowest BCUT2D eigenvalue weighted by Gasteiger charge is -2.25. The van der Waals surface area contributed by atoms with E-state index in [4.69, 9.17) is 5.73 Å². The molecular formula is C17H21N3. The van der Waals surface area contributed by atoms with Gasteiger partial charge in [-0.05, 0) is 37.0 Å². The van der Waals surface area contributed by atoms with Crippen molar-refractivity contribution < 1.29 is 0 Å². The Morgan fingerprint density at radius 1 is 1.25 bits per heavy atom. The number of aromatic nitrogens is 1. The van der Waals surface area contributed by atoms with Crippen molar-refractivity contribution in [3.05, 3.63) is 58.9 Å². The molecule has 0 amide bonds. The summed E-state index contributed by atoms with van der Waals surface area (Å²) in [7, 11) is 0. The van der Waals surface area contributed by atoms with Crippen LogP contribution in [0.1, 0.15) is 28.8 Å². The minimum absolute atomic E-state index is 0.542. The minimum atomic E-state index is 0.542. The molecule has 2 aromatic rings. The van der Waals surface area contributed by atoms with Crippen LogP contribution in [-0.2, 0) is 19.5 Å². The fourth-order valence-corrected chi connectivity index (χ4v) is 2.93. The fraction of sp³-hybridized carbons (Fsp3) is 0.353. The summed E-state index contributed by atoms with van der Waals surface area (Å²) in [6.45, 7) is 4.62. The Labute approximate surface area is 120 Å². The molecule has 3 heteroatoms. The summed E-state index contributed by atoms with van der Waals surface area (Å²) in [4.78, 5) is 6.81. The summed E-state index contributed by atoms with van der Waals surface area (Å²) >= 11 is 0. The SMILES string of the molecule is Cc1cc(N2CCCc3ccccc3C2)c(CN)cn1. The third-order valence-electron chi connectivity index (χ3n) is 4.01. The summed E-state index contributed by atoms with van der Waals surface area (Å²) < 4.78 is 0. The average molecular weight is 267 g/mol. The largest absolute Gasteiger partial charge is 0.367 e. The zero-order chi connectivity index (χ0) is 13.9. The molecule has 1 aromatic carbocycles. The Morgan fingerprint density at radius 2 is 2.05 bits per heavy atom. The van der Waals surface area contributed by atoms with Crippen molar-refractivity contribution in [2.45, 2.75) is 32.9 Å². The monoisotopic (exact) mass is 267 g/mol. The van der Waals surface area contributed by atoms with E-state index in [9.17, 15) is 0 Å². The molecule has 104 valence electrons. The standard InChI is InChI=1S/C17H21N3/c1-13-9-17(16(10-18)11-19-13)20-8-4-7-14-5-2-3-6-15(14)12-20/h2-3,5-6,9,11H,4,7-8,10,12,18H2,1H3. The number of fused-ring (bicyclic) bond motifs is 1. The van der Waals surface area contributed by atoms with Gasteiger partial charge in [0.25, 0.3) is 0 Å². The van der Waals surface area contributed by atoms with Gasteiger partial charge in [-0.3, -0.25) is 4.98 Å². The van der Waals surface area contributed by atoms with Crippen molar-refractivity contribution in [3.8, 4) is 0 Å². The Balaban J connectivity index is 1.97. The highest BCUT2D eigenvalue weighted by Gasteiger charge is 2.16. The lowest BCUT2D eigenvalue weighted by molar-refractivity contribution is 0.758. The Hall–Kier alpha value is -1.87. The first kappa shape index (κ1) is 13.1. The summed E-state index contributed by atoms with van der Waals surface area (Å²) in [5, 5.41) is 0. The van der Waals surface area contributed by atoms with Crippen LogP contribution >= 0.6 is 0 Å². The molecule has 0 radical (unpaired) electrons. The number of rotatable bonds is 2. The van der Waals surface area contributed by atoms with E-state index >= 15 is 0 Å². The van der Waals surface area contributed by atoms with E-state index in [-0.39, 0.29) is 0 Å². The molecule has 0 unspecified atom stereocenters. The lowest BCUT2D eigenvalue weighted by Crippen LogP contribution is -2.24. The predicted octanol–water partition coefficient (Wildman–Crippen LogP) is 2.80. The summed E-state index contributed by atoms with van der Waals surface area (Å²) in [5.74, 6) is 0. The van der Waals surface area contributed by atoms with Gasteiger partial charge in [-0.25, -0.2) is 0 Å². The van der Waals surface area contributed by atoms with Gasteiger partial charge in [0.1, 0.15) is 0 Å². The van der Waals surface area contributed by atoms with E-state index in [0.29, 0.717) is 6.54 Å². The van der Waals surface area contributed by atoms with Gasteiger partial charge in [-0.2, -0.15) is 0 Å². The van der Waals surface area contributed by atoms with Gasteiger partial charge in [0.05, 0.1) is 0 Å². The molecule has 20 heavy (non-hydrogen) atoms. The number of hydrogen-bond acceptors (Lipinski definition) is 3. The lowest BCUT2D eigenvalue weighted by atomic mass is 10.0. The van der Waals surface area contributed by atoms with Crippen molar-refractivity contribution in [2.24, 2.45) is 5.73 Å². The quantitative estimate of drug-likeness (QED) is 0.909. The van der Waals surface area contributed by atoms with Crippen LogP contribution < -0.4 is 10.6 Å². The average Bonchev–Trinajstić information content (AvgIpc) is 2.69. The number of anilines is 1. The van der Waals surface area contributed by atoms with Crippen molar-refractivity contribution >= 4 is 5.69 Å². The van der Waals surface area contributed by atoms with E-state index in [0.717, 1.165) is 30.8 Å². The molecule has 2 heterocycles. The van der Waals surface area contributed by atoms with Crippen LogP contribution in [0.5, 0.6) is 0 Å². The van der Waals surface area contributed by atoms with Crippen molar-refractivity contribution in [1.29, 1.82) is 0 Å². The number of nitrogens with two attached hydrogens (primary N) is 1. The van der Waals surface area contributed by atoms with E-state index in [1.165, 1.54) is 23.2 Å². The van der Waals surface area contributed by atoms with Crippen LogP contribution in [0.25, 0.3) is 0 Å². The Kier molecular flexibility index (Phi) is 3.70. The van der Waals surface area contributed by atoms with Crippen LogP contribution in [-0.4, -0.2) is 11.5 Å². The topological polar surface area (TPSA) is 42.1 Å². The Morgan fingerprint density at radius 3 is 2.85 bits per heavy atom. The summed E-state index contributed by atoms with van der Waals surface area (Å²) in [5.41, 5.74) is 12.2. The molecule has 2 N–H and O–H groups in total. The number of aryl methyl sites for hydroxylation is 2. The molecule has 0 aliphatic carbocycles. The molecular weight excluding hydrogens is 246 g/mol. The highest BCUT2D eigenvalue weighted by atomic mass is 15.1.